The summed E-state index contributed by atoms with van der Waals surface area (Å²) in [6, 6.07) is 6.01. The molecule has 1 heterocycles. The van der Waals surface area contributed by atoms with Crippen LogP contribution >= 0.6 is 0 Å². The molecule has 1 saturated heterocycles. The summed E-state index contributed by atoms with van der Waals surface area (Å²) in [6.45, 7) is 6.39. The summed E-state index contributed by atoms with van der Waals surface area (Å²) in [5.74, 6) is 1.19. The number of hydrogen-bond donors (Lipinski definition) is 1. The van der Waals surface area contributed by atoms with Crippen LogP contribution in [0.1, 0.15) is 34.3 Å². The number of likely N-dealkylation sites (tertiary alicyclic amines) is 1. The molecule has 1 aromatic rings. The molecule has 1 aliphatic carbocycles. The SMILES string of the molecule is Cc1ccc(C(=O)CN2CC3CCC(O)C3C2)c(C)c1. The fraction of sp³-hybridized carbons (Fsp3) is 0.588. The Hall–Kier alpha value is -1.19. The average Bonchev–Trinajstić information content (AvgIpc) is 2.91. The minimum Gasteiger partial charge on any atom is -0.393 e. The number of nitrogens with zero attached hydrogens (tertiary/aromatic N) is 1. The number of Topliss-reactive ketones (excluding diaryl/α,β-unsaturated/α-hetero) is 1. The zero-order valence-electron chi connectivity index (χ0n) is 12.3. The van der Waals surface area contributed by atoms with Crippen molar-refractivity contribution in [3.05, 3.63) is 34.9 Å². The molecule has 0 amide bonds. The zero-order chi connectivity index (χ0) is 14.3. The van der Waals surface area contributed by atoms with Gasteiger partial charge < -0.3 is 5.11 Å². The second-order valence-corrected chi connectivity index (χ2v) is 6.50. The van der Waals surface area contributed by atoms with Crippen molar-refractivity contribution in [2.45, 2.75) is 32.8 Å². The van der Waals surface area contributed by atoms with Crippen LogP contribution in [0.2, 0.25) is 0 Å². The van der Waals surface area contributed by atoms with E-state index in [-0.39, 0.29) is 11.9 Å². The number of rotatable bonds is 3. The van der Waals surface area contributed by atoms with Gasteiger partial charge in [0.1, 0.15) is 0 Å². The maximum absolute atomic E-state index is 12.4. The summed E-state index contributed by atoms with van der Waals surface area (Å²) in [7, 11) is 0. The number of fused-ring (bicyclic) bond motifs is 1. The first-order valence-corrected chi connectivity index (χ1v) is 7.55. The van der Waals surface area contributed by atoms with Gasteiger partial charge in [0.2, 0.25) is 0 Å². The highest BCUT2D eigenvalue weighted by atomic mass is 16.3. The molecule has 1 aromatic carbocycles. The van der Waals surface area contributed by atoms with Crippen LogP contribution < -0.4 is 0 Å². The highest BCUT2D eigenvalue weighted by Gasteiger charge is 2.42. The normalized spacial score (nSPS) is 29.6. The highest BCUT2D eigenvalue weighted by molar-refractivity contribution is 5.99. The van der Waals surface area contributed by atoms with Crippen LogP contribution in [0.5, 0.6) is 0 Å². The first-order chi connectivity index (χ1) is 9.54. The minimum atomic E-state index is -0.152. The van der Waals surface area contributed by atoms with Gasteiger partial charge in [-0.25, -0.2) is 0 Å². The Kier molecular flexibility index (Phi) is 3.65. The zero-order valence-corrected chi connectivity index (χ0v) is 12.3. The van der Waals surface area contributed by atoms with Gasteiger partial charge in [-0.3, -0.25) is 9.69 Å². The molecule has 1 N–H and O–H groups in total. The molecule has 2 aliphatic rings. The van der Waals surface area contributed by atoms with Crippen LogP contribution in [0.15, 0.2) is 18.2 Å². The Morgan fingerprint density at radius 1 is 1.30 bits per heavy atom. The number of aryl methyl sites for hydroxylation is 2. The summed E-state index contributed by atoms with van der Waals surface area (Å²) in [4.78, 5) is 14.7. The predicted octanol–water partition coefficient (Wildman–Crippen LogP) is 2.19. The summed E-state index contributed by atoms with van der Waals surface area (Å²) in [5, 5.41) is 9.93. The third-order valence-electron chi connectivity index (χ3n) is 4.94. The molecule has 108 valence electrons. The fourth-order valence-corrected chi connectivity index (χ4v) is 3.87. The topological polar surface area (TPSA) is 40.5 Å². The van der Waals surface area contributed by atoms with Crippen LogP contribution in [0.3, 0.4) is 0 Å². The van der Waals surface area contributed by atoms with Crippen LogP contribution in [-0.4, -0.2) is 41.5 Å². The number of ketones is 1. The standard InChI is InChI=1S/C17H23NO2/c1-11-3-5-14(12(2)7-11)17(20)10-18-8-13-4-6-16(19)15(13)9-18/h3,5,7,13,15-16,19H,4,6,8-10H2,1-2H3. The number of hydrogen-bond acceptors (Lipinski definition) is 3. The van der Waals surface area contributed by atoms with E-state index >= 15 is 0 Å². The van der Waals surface area contributed by atoms with Crippen molar-refractivity contribution in [3.8, 4) is 0 Å². The van der Waals surface area contributed by atoms with Gasteiger partial charge in [-0.1, -0.05) is 23.8 Å². The van der Waals surface area contributed by atoms with Gasteiger partial charge in [0.05, 0.1) is 12.6 Å². The molecule has 0 bridgehead atoms. The van der Waals surface area contributed by atoms with E-state index in [1.165, 1.54) is 5.56 Å². The number of benzene rings is 1. The Morgan fingerprint density at radius 3 is 2.80 bits per heavy atom. The number of carbonyl (C=O) groups is 1. The van der Waals surface area contributed by atoms with E-state index in [0.29, 0.717) is 18.4 Å². The van der Waals surface area contributed by atoms with E-state index in [9.17, 15) is 9.90 Å². The van der Waals surface area contributed by atoms with E-state index in [1.807, 2.05) is 26.0 Å². The minimum absolute atomic E-state index is 0.152. The lowest BCUT2D eigenvalue weighted by atomic mass is 10.00. The number of aliphatic hydroxyl groups is 1. The second kappa shape index (κ2) is 5.30. The molecule has 3 unspecified atom stereocenters. The number of carbonyl (C=O) groups excluding carboxylic acids is 1. The third kappa shape index (κ3) is 2.52. The summed E-state index contributed by atoms with van der Waals surface area (Å²) < 4.78 is 0. The monoisotopic (exact) mass is 273 g/mol. The van der Waals surface area contributed by atoms with Crippen LogP contribution in [-0.2, 0) is 0 Å². The lowest BCUT2D eigenvalue weighted by Gasteiger charge is -2.17. The first kappa shape index (κ1) is 13.8. The molecule has 0 aromatic heterocycles. The molecule has 3 rings (SSSR count). The van der Waals surface area contributed by atoms with Crippen LogP contribution in [0.25, 0.3) is 0 Å². The van der Waals surface area contributed by atoms with Crippen LogP contribution in [0.4, 0.5) is 0 Å². The predicted molar refractivity (Wildman–Crippen MR) is 78.9 cm³/mol. The van der Waals surface area contributed by atoms with Crippen molar-refractivity contribution in [2.75, 3.05) is 19.6 Å². The lowest BCUT2D eigenvalue weighted by Crippen LogP contribution is -2.30. The molecule has 1 saturated carbocycles. The van der Waals surface area contributed by atoms with Crippen molar-refractivity contribution in [3.63, 3.8) is 0 Å². The van der Waals surface area contributed by atoms with E-state index in [1.54, 1.807) is 0 Å². The third-order valence-corrected chi connectivity index (χ3v) is 4.94. The Bertz CT molecular complexity index is 526. The van der Waals surface area contributed by atoms with Gasteiger partial charge in [-0.05, 0) is 38.2 Å². The molecular formula is C17H23NO2. The van der Waals surface area contributed by atoms with Gasteiger partial charge in [-0.2, -0.15) is 0 Å². The lowest BCUT2D eigenvalue weighted by molar-refractivity contribution is 0.0919. The quantitative estimate of drug-likeness (QED) is 0.858. The van der Waals surface area contributed by atoms with Crippen molar-refractivity contribution >= 4 is 5.78 Å². The van der Waals surface area contributed by atoms with Gasteiger partial charge >= 0.3 is 0 Å². The van der Waals surface area contributed by atoms with Gasteiger partial charge in [0.15, 0.2) is 5.78 Å². The summed E-state index contributed by atoms with van der Waals surface area (Å²) >= 11 is 0. The molecular weight excluding hydrogens is 250 g/mol. The Morgan fingerprint density at radius 2 is 2.10 bits per heavy atom. The molecule has 1 aliphatic heterocycles. The molecule has 3 heteroatoms. The maximum Gasteiger partial charge on any atom is 0.177 e. The van der Waals surface area contributed by atoms with Crippen molar-refractivity contribution in [2.24, 2.45) is 11.8 Å². The average molecular weight is 273 g/mol. The van der Waals surface area contributed by atoms with E-state index in [0.717, 1.165) is 37.1 Å². The molecule has 3 nitrogen and oxygen atoms in total. The number of aliphatic hydroxyl groups excluding tert-OH is 1. The van der Waals surface area contributed by atoms with Gasteiger partial charge in [0, 0.05) is 24.6 Å². The maximum atomic E-state index is 12.4. The molecule has 3 atom stereocenters. The summed E-state index contributed by atoms with van der Waals surface area (Å²) in [5.41, 5.74) is 3.10. The molecule has 0 spiro atoms. The summed E-state index contributed by atoms with van der Waals surface area (Å²) in [6.07, 6.45) is 1.90. The largest absolute Gasteiger partial charge is 0.393 e. The Balaban J connectivity index is 1.65. The fourth-order valence-electron chi connectivity index (χ4n) is 3.87. The highest BCUT2D eigenvalue weighted by Crippen LogP contribution is 2.38. The van der Waals surface area contributed by atoms with E-state index in [2.05, 4.69) is 11.0 Å². The smallest absolute Gasteiger partial charge is 0.177 e. The second-order valence-electron chi connectivity index (χ2n) is 6.50. The van der Waals surface area contributed by atoms with Crippen molar-refractivity contribution in [1.82, 2.24) is 4.90 Å². The molecule has 2 fully saturated rings. The van der Waals surface area contributed by atoms with E-state index in [4.69, 9.17) is 0 Å². The van der Waals surface area contributed by atoms with Gasteiger partial charge in [-0.15, -0.1) is 0 Å². The van der Waals surface area contributed by atoms with Crippen molar-refractivity contribution < 1.29 is 9.90 Å². The Labute approximate surface area is 120 Å². The van der Waals surface area contributed by atoms with Crippen LogP contribution in [0, 0.1) is 25.7 Å². The molecule has 20 heavy (non-hydrogen) atoms. The first-order valence-electron chi connectivity index (χ1n) is 7.55. The van der Waals surface area contributed by atoms with E-state index < -0.39 is 0 Å². The van der Waals surface area contributed by atoms with Crippen molar-refractivity contribution in [1.29, 1.82) is 0 Å². The molecule has 0 radical (unpaired) electrons. The van der Waals surface area contributed by atoms with Gasteiger partial charge in [0.25, 0.3) is 0 Å².